The van der Waals surface area contributed by atoms with Gasteiger partial charge in [-0.3, -0.25) is 0 Å². The predicted molar refractivity (Wildman–Crippen MR) is 101 cm³/mol. The van der Waals surface area contributed by atoms with Crippen molar-refractivity contribution in [3.8, 4) is 23.7 Å². The molecule has 0 bridgehead atoms. The lowest BCUT2D eigenvalue weighted by atomic mass is 10.1. The molecule has 0 spiro atoms. The summed E-state index contributed by atoms with van der Waals surface area (Å²) in [4.78, 5) is 0. The number of halogens is 3. The lowest BCUT2D eigenvalue weighted by Gasteiger charge is -2.05. The molecule has 0 radical (unpaired) electrons. The van der Waals surface area contributed by atoms with Crippen LogP contribution in [0.4, 0.5) is 18.9 Å². The summed E-state index contributed by atoms with van der Waals surface area (Å²) >= 11 is 0. The third-order valence-corrected chi connectivity index (χ3v) is 3.77. The molecule has 0 aromatic heterocycles. The third-order valence-electron chi connectivity index (χ3n) is 3.77. The second kappa shape index (κ2) is 7.72. The number of nitrogen functional groups attached to an aromatic ring is 1. The van der Waals surface area contributed by atoms with Crippen LogP contribution in [0.25, 0.3) is 0 Å². The Labute approximate surface area is 155 Å². The van der Waals surface area contributed by atoms with E-state index in [1.807, 2.05) is 42.5 Å². The molecule has 3 aromatic rings. The lowest BCUT2D eigenvalue weighted by molar-refractivity contribution is -0.137. The fraction of sp³-hybridized carbons (Fsp3) is 0.0435. The van der Waals surface area contributed by atoms with Crippen LogP contribution in [0.3, 0.4) is 0 Å². The normalized spacial score (nSPS) is 10.3. The van der Waals surface area contributed by atoms with Crippen molar-refractivity contribution in [2.24, 2.45) is 0 Å². The zero-order chi connectivity index (χ0) is 19.3. The van der Waals surface area contributed by atoms with Crippen LogP contribution in [-0.4, -0.2) is 0 Å². The Morgan fingerprint density at radius 1 is 0.593 bits per heavy atom. The van der Waals surface area contributed by atoms with E-state index >= 15 is 0 Å². The van der Waals surface area contributed by atoms with E-state index in [0.29, 0.717) is 16.8 Å². The van der Waals surface area contributed by atoms with Gasteiger partial charge in [-0.2, -0.15) is 13.2 Å². The van der Waals surface area contributed by atoms with Gasteiger partial charge in [0.25, 0.3) is 0 Å². The van der Waals surface area contributed by atoms with E-state index in [1.165, 1.54) is 12.1 Å². The van der Waals surface area contributed by atoms with Gasteiger partial charge in [-0.15, -0.1) is 0 Å². The zero-order valence-electron chi connectivity index (χ0n) is 14.1. The van der Waals surface area contributed by atoms with Crippen LogP contribution in [0.1, 0.15) is 27.8 Å². The molecule has 0 heterocycles. The second-order valence-corrected chi connectivity index (χ2v) is 5.71. The van der Waals surface area contributed by atoms with Gasteiger partial charge in [-0.05, 0) is 48.5 Å². The quantitative estimate of drug-likeness (QED) is 0.438. The number of para-hydroxylation sites is 1. The summed E-state index contributed by atoms with van der Waals surface area (Å²) in [7, 11) is 0. The van der Waals surface area contributed by atoms with E-state index in [9.17, 15) is 13.2 Å². The third kappa shape index (κ3) is 4.71. The van der Waals surface area contributed by atoms with Crippen LogP contribution >= 0.6 is 0 Å². The number of hydrogen-bond acceptors (Lipinski definition) is 1. The van der Waals surface area contributed by atoms with Crippen molar-refractivity contribution in [3.63, 3.8) is 0 Å². The van der Waals surface area contributed by atoms with Crippen LogP contribution in [0, 0.1) is 23.7 Å². The molecule has 0 saturated carbocycles. The van der Waals surface area contributed by atoms with Crippen LogP contribution in [0.2, 0.25) is 0 Å². The molecule has 0 aliphatic heterocycles. The van der Waals surface area contributed by atoms with Gasteiger partial charge in [0.15, 0.2) is 0 Å². The summed E-state index contributed by atoms with van der Waals surface area (Å²) in [6.45, 7) is 0. The Morgan fingerprint density at radius 2 is 1.07 bits per heavy atom. The molecule has 3 aromatic carbocycles. The minimum atomic E-state index is -4.35. The first-order valence-corrected chi connectivity index (χ1v) is 8.08. The summed E-state index contributed by atoms with van der Waals surface area (Å²) in [5.41, 5.74) is 8.43. The Bertz CT molecular complexity index is 1070. The van der Waals surface area contributed by atoms with Gasteiger partial charge in [0.05, 0.1) is 5.56 Å². The monoisotopic (exact) mass is 361 g/mol. The number of anilines is 1. The van der Waals surface area contributed by atoms with E-state index in [4.69, 9.17) is 5.73 Å². The maximum Gasteiger partial charge on any atom is 0.416 e. The minimum Gasteiger partial charge on any atom is -0.398 e. The molecule has 0 amide bonds. The predicted octanol–water partition coefficient (Wildman–Crippen LogP) is 5.09. The molecule has 0 fully saturated rings. The Morgan fingerprint density at radius 3 is 1.63 bits per heavy atom. The maximum atomic E-state index is 12.6. The molecule has 1 nitrogen and oxygen atoms in total. The fourth-order valence-corrected chi connectivity index (χ4v) is 2.33. The Kier molecular flexibility index (Phi) is 5.20. The first-order chi connectivity index (χ1) is 12.9. The number of nitrogens with two attached hydrogens (primary N) is 1. The molecule has 3 rings (SSSR count). The highest BCUT2D eigenvalue weighted by atomic mass is 19.4. The highest BCUT2D eigenvalue weighted by Gasteiger charge is 2.29. The highest BCUT2D eigenvalue weighted by Crippen LogP contribution is 2.28. The highest BCUT2D eigenvalue weighted by molar-refractivity contribution is 5.59. The Hall–Kier alpha value is -3.63. The van der Waals surface area contributed by atoms with E-state index in [2.05, 4.69) is 23.7 Å². The summed E-state index contributed by atoms with van der Waals surface area (Å²) in [5.74, 6) is 11.9. The van der Waals surface area contributed by atoms with E-state index in [-0.39, 0.29) is 0 Å². The SMILES string of the molecule is Nc1ccccc1C#Cc1ccccc1C#Cc1ccc(C(F)(F)F)cc1. The summed E-state index contributed by atoms with van der Waals surface area (Å²) < 4.78 is 37.8. The first-order valence-electron chi connectivity index (χ1n) is 8.08. The van der Waals surface area contributed by atoms with Gasteiger partial charge in [-0.1, -0.05) is 47.9 Å². The van der Waals surface area contributed by atoms with Gasteiger partial charge in [0.2, 0.25) is 0 Å². The number of rotatable bonds is 0. The van der Waals surface area contributed by atoms with E-state index in [0.717, 1.165) is 23.3 Å². The molecule has 132 valence electrons. The molecule has 0 saturated heterocycles. The second-order valence-electron chi connectivity index (χ2n) is 5.71. The summed E-state index contributed by atoms with van der Waals surface area (Å²) in [6, 6.07) is 19.4. The van der Waals surface area contributed by atoms with Gasteiger partial charge in [0, 0.05) is 27.9 Å². The molecular weight excluding hydrogens is 347 g/mol. The van der Waals surface area contributed by atoms with E-state index < -0.39 is 11.7 Å². The average molecular weight is 361 g/mol. The van der Waals surface area contributed by atoms with Gasteiger partial charge < -0.3 is 5.73 Å². The molecular formula is C23H14F3N. The summed E-state index contributed by atoms with van der Waals surface area (Å²) in [5, 5.41) is 0. The lowest BCUT2D eigenvalue weighted by Crippen LogP contribution is -2.04. The van der Waals surface area contributed by atoms with Crippen LogP contribution in [-0.2, 0) is 6.18 Å². The molecule has 27 heavy (non-hydrogen) atoms. The standard InChI is InChI=1S/C23H14F3N/c24-23(25,26)21-15-10-17(11-16-21)9-12-18-5-1-2-6-19(18)13-14-20-7-3-4-8-22(20)27/h1-8,10-11,15-16H,27H2. The number of alkyl halides is 3. The summed E-state index contributed by atoms with van der Waals surface area (Å²) in [6.07, 6.45) is -4.35. The molecule has 4 heteroatoms. The van der Waals surface area contributed by atoms with Crippen molar-refractivity contribution in [2.45, 2.75) is 6.18 Å². The van der Waals surface area contributed by atoms with Crippen LogP contribution in [0.5, 0.6) is 0 Å². The van der Waals surface area contributed by atoms with Crippen molar-refractivity contribution in [1.82, 2.24) is 0 Å². The first kappa shape index (κ1) is 18.2. The molecule has 2 N–H and O–H groups in total. The molecule has 0 unspecified atom stereocenters. The topological polar surface area (TPSA) is 26.0 Å². The van der Waals surface area contributed by atoms with Crippen molar-refractivity contribution < 1.29 is 13.2 Å². The van der Waals surface area contributed by atoms with Crippen molar-refractivity contribution in [3.05, 3.63) is 101 Å². The number of benzene rings is 3. The molecule has 0 aliphatic rings. The smallest absolute Gasteiger partial charge is 0.398 e. The van der Waals surface area contributed by atoms with Crippen molar-refractivity contribution in [1.29, 1.82) is 0 Å². The van der Waals surface area contributed by atoms with Crippen molar-refractivity contribution in [2.75, 3.05) is 5.73 Å². The van der Waals surface area contributed by atoms with Crippen LogP contribution in [0.15, 0.2) is 72.8 Å². The Balaban J connectivity index is 1.88. The number of hydrogen-bond donors (Lipinski definition) is 1. The fourth-order valence-electron chi connectivity index (χ4n) is 2.33. The largest absolute Gasteiger partial charge is 0.416 e. The van der Waals surface area contributed by atoms with Gasteiger partial charge in [-0.25, -0.2) is 0 Å². The van der Waals surface area contributed by atoms with Gasteiger partial charge >= 0.3 is 6.18 Å². The minimum absolute atomic E-state index is 0.498. The molecule has 0 atom stereocenters. The molecule has 0 aliphatic carbocycles. The van der Waals surface area contributed by atoms with Crippen molar-refractivity contribution >= 4 is 5.69 Å². The van der Waals surface area contributed by atoms with Gasteiger partial charge in [0.1, 0.15) is 0 Å². The average Bonchev–Trinajstić information content (AvgIpc) is 2.66. The zero-order valence-corrected chi connectivity index (χ0v) is 14.1. The van der Waals surface area contributed by atoms with Crippen LogP contribution < -0.4 is 5.73 Å². The maximum absolute atomic E-state index is 12.6. The van der Waals surface area contributed by atoms with E-state index in [1.54, 1.807) is 6.07 Å².